The third-order valence-corrected chi connectivity index (χ3v) is 4.18. The quantitative estimate of drug-likeness (QED) is 0.322. The summed E-state index contributed by atoms with van der Waals surface area (Å²) in [5, 5.41) is 0. The van der Waals surface area contributed by atoms with Gasteiger partial charge in [0.25, 0.3) is 0 Å². The highest BCUT2D eigenvalue weighted by Crippen LogP contribution is 2.13. The molecule has 0 saturated carbocycles. The summed E-state index contributed by atoms with van der Waals surface area (Å²) in [4.78, 5) is 0. The topological polar surface area (TPSA) is 36.5 Å². The number of hydrogen-bond acceptors (Lipinski definition) is 0. The summed E-state index contributed by atoms with van der Waals surface area (Å²) in [5.41, 5.74) is 0. The number of nitrogens with zero attached hydrogens (tertiary/aromatic N) is 1. The molecular formula is C19H46Cl2N2. The van der Waals surface area contributed by atoms with Gasteiger partial charge in [0, 0.05) is 0 Å². The molecule has 0 aliphatic carbocycles. The van der Waals surface area contributed by atoms with Gasteiger partial charge in [0.15, 0.2) is 0 Å². The Kier molecular flexibility index (Phi) is 30.6. The minimum absolute atomic E-state index is 0. The van der Waals surface area contributed by atoms with Crippen LogP contribution in [0.3, 0.4) is 0 Å². The molecule has 146 valence electrons. The highest BCUT2D eigenvalue weighted by Gasteiger charge is 2.04. The van der Waals surface area contributed by atoms with Crippen molar-refractivity contribution in [2.45, 2.75) is 96.8 Å². The molecule has 0 aliphatic heterocycles. The molecule has 0 heterocycles. The second-order valence-corrected chi connectivity index (χ2v) is 7.61. The molecule has 2 nitrogen and oxygen atoms in total. The standard InChI is InChI=1S/C19H42N.2ClH.H3N/c1-5-6-7-8-9-10-11-12-13-14-15-16-17-18-19-20(2,3)4;;;/h5-19H2,1-4H3;2*1H;1H3/q+1;;;/p-1. The van der Waals surface area contributed by atoms with Gasteiger partial charge in [-0.15, -0.1) is 0 Å². The van der Waals surface area contributed by atoms with Gasteiger partial charge in [0.1, 0.15) is 0 Å². The predicted molar refractivity (Wildman–Crippen MR) is 99.2 cm³/mol. The molecule has 0 bridgehead atoms. The van der Waals surface area contributed by atoms with E-state index < -0.39 is 0 Å². The van der Waals surface area contributed by atoms with E-state index in [0.29, 0.717) is 0 Å². The van der Waals surface area contributed by atoms with Gasteiger partial charge in [-0.05, 0) is 12.8 Å². The van der Waals surface area contributed by atoms with Crippen molar-refractivity contribution in [1.82, 2.24) is 6.15 Å². The number of quaternary nitrogens is 2. The molecule has 0 atom stereocenters. The van der Waals surface area contributed by atoms with E-state index in [1.165, 1.54) is 96.4 Å². The fourth-order valence-corrected chi connectivity index (χ4v) is 2.78. The average Bonchev–Trinajstić information content (AvgIpc) is 2.38. The van der Waals surface area contributed by atoms with Crippen LogP contribution in [-0.2, 0) is 0 Å². The molecule has 0 saturated heterocycles. The van der Waals surface area contributed by atoms with Crippen LogP contribution in [0, 0.1) is 0 Å². The van der Waals surface area contributed by atoms with Crippen LogP contribution in [0.5, 0.6) is 0 Å². The van der Waals surface area contributed by atoms with Gasteiger partial charge in [-0.25, -0.2) is 0 Å². The van der Waals surface area contributed by atoms with Crippen LogP contribution in [0.25, 0.3) is 0 Å². The lowest BCUT2D eigenvalue weighted by Gasteiger charge is -2.23. The first-order valence-corrected chi connectivity index (χ1v) is 9.36. The van der Waals surface area contributed by atoms with Crippen molar-refractivity contribution in [2.75, 3.05) is 27.7 Å². The molecule has 0 rings (SSSR count). The van der Waals surface area contributed by atoms with E-state index in [1.807, 2.05) is 0 Å². The monoisotopic (exact) mass is 372 g/mol. The Morgan fingerprint density at radius 2 is 0.739 bits per heavy atom. The highest BCUT2D eigenvalue weighted by atomic mass is 35.5. The summed E-state index contributed by atoms with van der Waals surface area (Å²) < 4.78 is 1.12. The van der Waals surface area contributed by atoms with Crippen LogP contribution < -0.4 is 31.0 Å². The van der Waals surface area contributed by atoms with Gasteiger partial charge in [-0.3, -0.25) is 0 Å². The Labute approximate surface area is 160 Å². The van der Waals surface area contributed by atoms with E-state index in [1.54, 1.807) is 0 Å². The van der Waals surface area contributed by atoms with Gasteiger partial charge >= 0.3 is 0 Å². The SMILES string of the molecule is CCCCCCCCCCCCCCCC[N+](C)(C)C.[Cl-].[Cl-].[NH4+]. The largest absolute Gasteiger partial charge is 1.00 e. The summed E-state index contributed by atoms with van der Waals surface area (Å²) in [6, 6.07) is 0. The Morgan fingerprint density at radius 1 is 0.478 bits per heavy atom. The molecular weight excluding hydrogens is 327 g/mol. The van der Waals surface area contributed by atoms with Crippen molar-refractivity contribution in [2.24, 2.45) is 0 Å². The van der Waals surface area contributed by atoms with E-state index >= 15 is 0 Å². The number of hydrogen-bond donors (Lipinski definition) is 1. The fourth-order valence-electron chi connectivity index (χ4n) is 2.78. The molecule has 0 spiro atoms. The molecule has 0 fully saturated rings. The van der Waals surface area contributed by atoms with Crippen molar-refractivity contribution in [1.29, 1.82) is 0 Å². The molecule has 0 unspecified atom stereocenters. The molecule has 0 radical (unpaired) electrons. The summed E-state index contributed by atoms with van der Waals surface area (Å²) in [7, 11) is 6.88. The van der Waals surface area contributed by atoms with Crippen LogP contribution in [0.4, 0.5) is 0 Å². The zero-order chi connectivity index (χ0) is 15.1. The smallest absolute Gasteiger partial charge is 0.0780 e. The third-order valence-electron chi connectivity index (χ3n) is 4.18. The van der Waals surface area contributed by atoms with Gasteiger partial charge in [0.05, 0.1) is 27.7 Å². The molecule has 0 aromatic rings. The summed E-state index contributed by atoms with van der Waals surface area (Å²) in [6.07, 6.45) is 20.4. The maximum absolute atomic E-state index is 2.29. The normalized spacial score (nSPS) is 10.4. The second-order valence-electron chi connectivity index (χ2n) is 7.61. The first kappa shape index (κ1) is 31.3. The zero-order valence-corrected chi connectivity index (χ0v) is 18.3. The molecule has 4 heteroatoms. The average molecular weight is 373 g/mol. The van der Waals surface area contributed by atoms with Gasteiger partial charge in [-0.1, -0.05) is 84.0 Å². The van der Waals surface area contributed by atoms with Gasteiger partial charge in [0.2, 0.25) is 0 Å². The molecule has 0 aromatic carbocycles. The molecule has 0 aliphatic rings. The first-order valence-electron chi connectivity index (χ1n) is 9.36. The maximum atomic E-state index is 2.29. The lowest BCUT2D eigenvalue weighted by molar-refractivity contribution is -0.870. The Morgan fingerprint density at radius 3 is 1.00 bits per heavy atom. The van der Waals surface area contributed by atoms with E-state index in [2.05, 4.69) is 28.1 Å². The highest BCUT2D eigenvalue weighted by molar-refractivity contribution is 4.49. The number of halogens is 2. The lowest BCUT2D eigenvalue weighted by atomic mass is 10.0. The van der Waals surface area contributed by atoms with Crippen molar-refractivity contribution < 1.29 is 29.3 Å². The molecule has 4 N–H and O–H groups in total. The van der Waals surface area contributed by atoms with Crippen molar-refractivity contribution in [3.05, 3.63) is 0 Å². The predicted octanol–water partition coefficient (Wildman–Crippen LogP) is 0.558. The van der Waals surface area contributed by atoms with Gasteiger partial charge in [-0.2, -0.15) is 0 Å². The summed E-state index contributed by atoms with van der Waals surface area (Å²) >= 11 is 0. The Hall–Kier alpha value is 0.500. The van der Waals surface area contributed by atoms with Crippen LogP contribution >= 0.6 is 0 Å². The number of rotatable bonds is 15. The maximum Gasteiger partial charge on any atom is 0.0780 e. The van der Waals surface area contributed by atoms with E-state index in [-0.39, 0.29) is 31.0 Å². The minimum Gasteiger partial charge on any atom is -1.00 e. The van der Waals surface area contributed by atoms with Crippen LogP contribution in [0.15, 0.2) is 0 Å². The van der Waals surface area contributed by atoms with Crippen LogP contribution in [0.2, 0.25) is 0 Å². The van der Waals surface area contributed by atoms with Gasteiger partial charge < -0.3 is 35.4 Å². The minimum atomic E-state index is 0. The second kappa shape index (κ2) is 22.5. The molecule has 0 amide bonds. The fraction of sp³-hybridized carbons (Fsp3) is 1.00. The van der Waals surface area contributed by atoms with Crippen molar-refractivity contribution >= 4 is 0 Å². The molecule has 23 heavy (non-hydrogen) atoms. The lowest BCUT2D eigenvalue weighted by Crippen LogP contribution is -3.00. The number of unbranched alkanes of at least 4 members (excludes halogenated alkanes) is 13. The van der Waals surface area contributed by atoms with E-state index in [4.69, 9.17) is 0 Å². The first-order chi connectivity index (χ1) is 9.56. The van der Waals surface area contributed by atoms with Crippen LogP contribution in [0.1, 0.15) is 96.8 Å². The summed E-state index contributed by atoms with van der Waals surface area (Å²) in [5.74, 6) is 0. The zero-order valence-electron chi connectivity index (χ0n) is 16.8. The van der Waals surface area contributed by atoms with Crippen molar-refractivity contribution in [3.63, 3.8) is 0 Å². The van der Waals surface area contributed by atoms with E-state index in [9.17, 15) is 0 Å². The van der Waals surface area contributed by atoms with Crippen LogP contribution in [-0.4, -0.2) is 32.2 Å². The molecule has 0 aromatic heterocycles. The summed E-state index contributed by atoms with van der Waals surface area (Å²) in [6.45, 7) is 3.63. The Balaban J connectivity index is -0.000000602. The van der Waals surface area contributed by atoms with Crippen molar-refractivity contribution in [3.8, 4) is 0 Å². The van der Waals surface area contributed by atoms with E-state index in [0.717, 1.165) is 4.48 Å². The Bertz CT molecular complexity index is 194. The third kappa shape index (κ3) is 30.9.